The van der Waals surface area contributed by atoms with E-state index in [0.29, 0.717) is 11.4 Å². The van der Waals surface area contributed by atoms with E-state index in [9.17, 15) is 5.11 Å². The van der Waals surface area contributed by atoms with Crippen LogP contribution in [0.15, 0.2) is 188 Å². The van der Waals surface area contributed by atoms with E-state index in [1.165, 1.54) is 22.3 Å². The molecule has 0 aliphatic rings. The lowest BCUT2D eigenvalue weighted by Crippen LogP contribution is -2.17. The second-order valence-corrected chi connectivity index (χ2v) is 22.7. The number of aryl methyl sites for hydroxylation is 2. The van der Waals surface area contributed by atoms with Crippen LogP contribution in [0.1, 0.15) is 90.1 Å². The molecule has 72 heavy (non-hydrogen) atoms. The Morgan fingerprint density at radius 2 is 1.01 bits per heavy atom. The average Bonchev–Trinajstić information content (AvgIpc) is 3.75. The molecule has 0 atom stereocenters. The lowest BCUT2D eigenvalue weighted by molar-refractivity contribution is 0.446. The number of fused-ring (bicyclic) bond motifs is 1. The molecule has 0 saturated carbocycles. The van der Waals surface area contributed by atoms with Crippen molar-refractivity contribution in [2.45, 2.75) is 92.4 Å². The molecule has 0 aliphatic heterocycles. The molecule has 4 nitrogen and oxygen atoms in total. The number of para-hydroxylation sites is 1. The first kappa shape index (κ1) is 47.8. The van der Waals surface area contributed by atoms with Crippen molar-refractivity contribution in [1.29, 1.82) is 0 Å². The number of aromatic hydroxyl groups is 1. The number of hydrogen-bond donors (Lipinski definition) is 1. The highest BCUT2D eigenvalue weighted by atomic mass is 16.3. The number of hydrogen-bond acceptors (Lipinski definition) is 3. The van der Waals surface area contributed by atoms with Gasteiger partial charge in [-0.2, -0.15) is 0 Å². The molecule has 10 rings (SSSR count). The Morgan fingerprint density at radius 1 is 0.417 bits per heavy atom. The number of imidazole rings is 1. The zero-order valence-corrected chi connectivity index (χ0v) is 43.7. The van der Waals surface area contributed by atoms with Gasteiger partial charge in [0.25, 0.3) is 0 Å². The molecule has 0 amide bonds. The summed E-state index contributed by atoms with van der Waals surface area (Å²) in [5.74, 6) is 0.923. The van der Waals surface area contributed by atoms with Gasteiger partial charge in [0.05, 0.1) is 28.0 Å². The summed E-state index contributed by atoms with van der Waals surface area (Å²) in [6.07, 6.45) is 1.91. The summed E-state index contributed by atoms with van der Waals surface area (Å²) in [5.41, 5.74) is 21.5. The van der Waals surface area contributed by atoms with Gasteiger partial charge in [0.2, 0.25) is 0 Å². The Balaban J connectivity index is 1.28. The van der Waals surface area contributed by atoms with Crippen LogP contribution in [-0.4, -0.2) is 19.6 Å². The maximum absolute atomic E-state index is 12.7. The largest absolute Gasteiger partial charge is 0.507 e. The second-order valence-electron chi connectivity index (χ2n) is 22.7. The molecule has 2 heterocycles. The maximum Gasteiger partial charge on any atom is 0.149 e. The van der Waals surface area contributed by atoms with Gasteiger partial charge in [-0.25, -0.2) is 4.98 Å². The lowest BCUT2D eigenvalue weighted by atomic mass is 9.79. The highest BCUT2D eigenvalue weighted by Gasteiger charge is 2.30. The van der Waals surface area contributed by atoms with E-state index in [-0.39, 0.29) is 22.0 Å². The van der Waals surface area contributed by atoms with Gasteiger partial charge in [-0.15, -0.1) is 0 Å². The highest BCUT2D eigenvalue weighted by molar-refractivity contribution is 5.99. The molecule has 0 bridgehead atoms. The van der Waals surface area contributed by atoms with Gasteiger partial charge in [-0.1, -0.05) is 195 Å². The Kier molecular flexibility index (Phi) is 12.2. The fraction of sp³-hybridized carbons (Fsp3) is 0.206. The van der Waals surface area contributed by atoms with Crippen molar-refractivity contribution in [2.75, 3.05) is 0 Å². The van der Waals surface area contributed by atoms with E-state index in [0.717, 1.165) is 89.2 Å². The highest BCUT2D eigenvalue weighted by Crippen LogP contribution is 2.47. The smallest absolute Gasteiger partial charge is 0.149 e. The predicted octanol–water partition coefficient (Wildman–Crippen LogP) is 18.3. The Labute approximate surface area is 426 Å². The molecule has 10 aromatic rings. The van der Waals surface area contributed by atoms with Crippen LogP contribution in [0.3, 0.4) is 0 Å². The summed E-state index contributed by atoms with van der Waals surface area (Å²) in [6, 6.07) is 65.6. The van der Waals surface area contributed by atoms with Gasteiger partial charge >= 0.3 is 0 Å². The number of nitrogens with zero attached hydrogens (tertiary/aromatic N) is 3. The van der Waals surface area contributed by atoms with E-state index in [4.69, 9.17) is 9.97 Å². The first-order valence-corrected chi connectivity index (χ1v) is 25.3. The Hall–Kier alpha value is -7.82. The molecule has 358 valence electrons. The zero-order valence-electron chi connectivity index (χ0n) is 43.7. The van der Waals surface area contributed by atoms with Crippen LogP contribution in [0.2, 0.25) is 0 Å². The predicted molar refractivity (Wildman–Crippen MR) is 304 cm³/mol. The molecule has 0 unspecified atom stereocenters. The number of phenols is 1. The third kappa shape index (κ3) is 9.30. The molecule has 0 saturated heterocycles. The summed E-state index contributed by atoms with van der Waals surface area (Å²) >= 11 is 0. The van der Waals surface area contributed by atoms with Gasteiger partial charge in [0, 0.05) is 28.5 Å². The molecule has 2 aromatic heterocycles. The molecule has 1 N–H and O–H groups in total. The number of aromatic nitrogens is 3. The molecular weight excluding hydrogens is 875 g/mol. The van der Waals surface area contributed by atoms with Crippen LogP contribution in [0.5, 0.6) is 5.75 Å². The summed E-state index contributed by atoms with van der Waals surface area (Å²) < 4.78 is 2.31. The number of phenolic OH excluding ortho intramolecular Hbond substituents is 1. The van der Waals surface area contributed by atoms with Gasteiger partial charge in [0.15, 0.2) is 0 Å². The van der Waals surface area contributed by atoms with E-state index in [2.05, 4.69) is 263 Å². The summed E-state index contributed by atoms with van der Waals surface area (Å²) in [5, 5.41) is 12.7. The van der Waals surface area contributed by atoms with Crippen molar-refractivity contribution in [3.05, 3.63) is 216 Å². The Bertz CT molecular complexity index is 3620. The lowest BCUT2D eigenvalue weighted by Gasteiger charge is -2.28. The molecule has 0 spiro atoms. The van der Waals surface area contributed by atoms with Gasteiger partial charge < -0.3 is 5.11 Å². The van der Waals surface area contributed by atoms with E-state index >= 15 is 0 Å². The molecule has 0 fully saturated rings. The molecule has 4 heteroatoms. The minimum Gasteiger partial charge on any atom is -0.507 e. The number of rotatable bonds is 8. The fourth-order valence-electron chi connectivity index (χ4n) is 10.00. The molecule has 0 radical (unpaired) electrons. The molecule has 0 aliphatic carbocycles. The van der Waals surface area contributed by atoms with Crippen LogP contribution >= 0.6 is 0 Å². The monoisotopic (exact) mass is 940 g/mol. The van der Waals surface area contributed by atoms with Gasteiger partial charge in [-0.3, -0.25) is 9.55 Å². The number of benzene rings is 8. The topological polar surface area (TPSA) is 50.9 Å². The van der Waals surface area contributed by atoms with Crippen molar-refractivity contribution in [2.24, 2.45) is 0 Å². The summed E-state index contributed by atoms with van der Waals surface area (Å²) in [4.78, 5) is 10.8. The van der Waals surface area contributed by atoms with Crippen molar-refractivity contribution in [1.82, 2.24) is 14.5 Å². The summed E-state index contributed by atoms with van der Waals surface area (Å²) in [6.45, 7) is 24.3. The van der Waals surface area contributed by atoms with Crippen LogP contribution < -0.4 is 0 Å². The first-order chi connectivity index (χ1) is 34.3. The van der Waals surface area contributed by atoms with E-state index in [1.54, 1.807) is 0 Å². The third-order valence-corrected chi connectivity index (χ3v) is 14.2. The van der Waals surface area contributed by atoms with Crippen molar-refractivity contribution < 1.29 is 5.11 Å². The van der Waals surface area contributed by atoms with Crippen molar-refractivity contribution >= 4 is 11.0 Å². The summed E-state index contributed by atoms with van der Waals surface area (Å²) in [7, 11) is 0. The van der Waals surface area contributed by atoms with Crippen LogP contribution in [0.4, 0.5) is 0 Å². The van der Waals surface area contributed by atoms with Gasteiger partial charge in [0.1, 0.15) is 11.6 Å². The van der Waals surface area contributed by atoms with E-state index < -0.39 is 0 Å². The standard InChI is InChI=1S/C68H65N3O/c1-43-25-27-46(28-26-43)49-33-34-69-60(39-49)52-37-50(45-19-14-12-15-20-45)36-51(38-52)55-23-18-24-61-63(55)70-65(58-40-54(67(6,7)8)41-59(64(58)72)68(9,10)11)71(61)62-35-44(2)56(42-57(62)47-21-16-13-17-22-47)48-29-31-53(32-30-48)66(3,4)5/h12-42,72H,1-11H3. The molecular formula is C68H65N3O. The fourth-order valence-corrected chi connectivity index (χ4v) is 10.00. The van der Waals surface area contributed by atoms with E-state index in [1.807, 2.05) is 6.20 Å². The maximum atomic E-state index is 12.7. The zero-order chi connectivity index (χ0) is 50.7. The third-order valence-electron chi connectivity index (χ3n) is 14.2. The van der Waals surface area contributed by atoms with Crippen LogP contribution in [-0.2, 0) is 16.2 Å². The minimum atomic E-state index is -0.350. The van der Waals surface area contributed by atoms with Crippen molar-refractivity contribution in [3.8, 4) is 89.7 Å². The quantitative estimate of drug-likeness (QED) is 0.165. The van der Waals surface area contributed by atoms with Crippen LogP contribution in [0.25, 0.3) is 95.0 Å². The SMILES string of the molecule is Cc1ccc(-c2ccnc(-c3cc(-c4ccccc4)cc(-c4cccc5c4nc(-c4cc(C(C)(C)C)cc(C(C)(C)C)c4O)n5-c4cc(C)c(-c5ccc(C(C)(C)C)cc5)cc4-c4ccccc4)c3)c2)cc1. The van der Waals surface area contributed by atoms with Crippen molar-refractivity contribution in [3.63, 3.8) is 0 Å². The van der Waals surface area contributed by atoms with Crippen LogP contribution in [0, 0.1) is 13.8 Å². The normalized spacial score (nSPS) is 12.2. The Morgan fingerprint density at radius 3 is 1.67 bits per heavy atom. The second kappa shape index (κ2) is 18.4. The molecule has 8 aromatic carbocycles. The number of pyridine rings is 1. The minimum absolute atomic E-state index is 0.0428. The average molecular weight is 940 g/mol. The van der Waals surface area contributed by atoms with Gasteiger partial charge in [-0.05, 0) is 146 Å². The first-order valence-electron chi connectivity index (χ1n) is 25.3.